The van der Waals surface area contributed by atoms with Gasteiger partial charge in [0.1, 0.15) is 6.26 Å². The number of aromatic nitrogens is 1. The molecule has 5 nitrogen and oxygen atoms in total. The van der Waals surface area contributed by atoms with Gasteiger partial charge in [-0.2, -0.15) is 0 Å². The first-order valence-electron chi connectivity index (χ1n) is 6.01. The number of hydrogen-bond acceptors (Lipinski definition) is 4. The van der Waals surface area contributed by atoms with Crippen molar-refractivity contribution in [3.8, 4) is 0 Å². The molecular weight excluding hydrogens is 220 g/mol. The summed E-state index contributed by atoms with van der Waals surface area (Å²) in [5.74, 6) is -0.507. The first-order valence-corrected chi connectivity index (χ1v) is 6.01. The van der Waals surface area contributed by atoms with E-state index in [1.165, 1.54) is 12.7 Å². The molecule has 17 heavy (non-hydrogen) atoms. The van der Waals surface area contributed by atoms with Gasteiger partial charge in [-0.3, -0.25) is 4.90 Å². The summed E-state index contributed by atoms with van der Waals surface area (Å²) in [6.07, 6.45) is 4.23. The molecule has 0 amide bonds. The smallest absolute Gasteiger partial charge is 0.357 e. The minimum absolute atomic E-state index is 0.00547. The molecule has 94 valence electrons. The Labute approximate surface area is 100 Å². The van der Waals surface area contributed by atoms with Crippen LogP contribution in [0.5, 0.6) is 0 Å². The van der Waals surface area contributed by atoms with Gasteiger partial charge in [-0.25, -0.2) is 9.78 Å². The van der Waals surface area contributed by atoms with E-state index in [2.05, 4.69) is 23.7 Å². The molecular formula is C12H18N2O3. The van der Waals surface area contributed by atoms with Gasteiger partial charge in [0, 0.05) is 18.5 Å². The Morgan fingerprint density at radius 2 is 2.47 bits per heavy atom. The van der Waals surface area contributed by atoms with Crippen molar-refractivity contribution in [3.63, 3.8) is 0 Å². The zero-order chi connectivity index (χ0) is 12.4. The number of nitrogens with zero attached hydrogens (tertiary/aromatic N) is 2. The molecule has 0 radical (unpaired) electrons. The lowest BCUT2D eigenvalue weighted by Gasteiger charge is -2.27. The van der Waals surface area contributed by atoms with E-state index in [0.717, 1.165) is 13.0 Å². The summed E-state index contributed by atoms with van der Waals surface area (Å²) in [7, 11) is 0. The Morgan fingerprint density at radius 3 is 3.06 bits per heavy atom. The Morgan fingerprint density at radius 1 is 1.71 bits per heavy atom. The molecule has 5 heteroatoms. The average molecular weight is 238 g/mol. The van der Waals surface area contributed by atoms with Gasteiger partial charge in [0.2, 0.25) is 0 Å². The van der Waals surface area contributed by atoms with Crippen molar-refractivity contribution in [3.05, 3.63) is 17.8 Å². The molecule has 1 aliphatic rings. The van der Waals surface area contributed by atoms with E-state index in [-0.39, 0.29) is 5.69 Å². The molecule has 0 aliphatic carbocycles. The van der Waals surface area contributed by atoms with Crippen molar-refractivity contribution in [2.75, 3.05) is 6.54 Å². The monoisotopic (exact) mass is 238 g/mol. The minimum Gasteiger partial charge on any atom is -0.476 e. The van der Waals surface area contributed by atoms with Crippen LogP contribution in [-0.4, -0.2) is 39.6 Å². The van der Waals surface area contributed by atoms with Crippen LogP contribution in [0.3, 0.4) is 0 Å². The van der Waals surface area contributed by atoms with Crippen LogP contribution in [0, 0.1) is 0 Å². The third-order valence-electron chi connectivity index (χ3n) is 3.27. The maximum Gasteiger partial charge on any atom is 0.357 e. The molecule has 1 fully saturated rings. The Hall–Kier alpha value is -1.36. The summed E-state index contributed by atoms with van der Waals surface area (Å²) in [5, 5.41) is 8.77. The lowest BCUT2D eigenvalue weighted by Crippen LogP contribution is -2.36. The molecule has 1 unspecified atom stereocenters. The highest BCUT2D eigenvalue weighted by Crippen LogP contribution is 2.23. The molecule has 1 atom stereocenters. The predicted molar refractivity (Wildman–Crippen MR) is 62.0 cm³/mol. The third-order valence-corrected chi connectivity index (χ3v) is 3.27. The summed E-state index contributed by atoms with van der Waals surface area (Å²) in [6.45, 7) is 5.46. The van der Waals surface area contributed by atoms with Gasteiger partial charge in [0.05, 0.1) is 0 Å². The fraction of sp³-hybridized carbons (Fsp3) is 0.667. The normalized spacial score (nSPS) is 21.2. The number of carboxylic acids is 1. The van der Waals surface area contributed by atoms with E-state index >= 15 is 0 Å². The molecule has 2 heterocycles. The summed E-state index contributed by atoms with van der Waals surface area (Å²) in [4.78, 5) is 17.1. The summed E-state index contributed by atoms with van der Waals surface area (Å²) >= 11 is 0. The molecule has 0 spiro atoms. The molecule has 1 aromatic heterocycles. The van der Waals surface area contributed by atoms with Gasteiger partial charge in [-0.1, -0.05) is 0 Å². The second-order valence-electron chi connectivity index (χ2n) is 4.76. The second kappa shape index (κ2) is 4.87. The van der Waals surface area contributed by atoms with E-state index in [0.29, 0.717) is 24.4 Å². The van der Waals surface area contributed by atoms with Gasteiger partial charge < -0.3 is 9.52 Å². The third kappa shape index (κ3) is 2.66. The van der Waals surface area contributed by atoms with Crippen molar-refractivity contribution in [2.45, 2.75) is 45.2 Å². The van der Waals surface area contributed by atoms with Crippen molar-refractivity contribution in [2.24, 2.45) is 0 Å². The van der Waals surface area contributed by atoms with Gasteiger partial charge in [-0.05, 0) is 33.2 Å². The molecule has 1 aliphatic heterocycles. The quantitative estimate of drug-likeness (QED) is 0.866. The fourth-order valence-corrected chi connectivity index (χ4v) is 2.46. The van der Waals surface area contributed by atoms with Crippen LogP contribution in [0.25, 0.3) is 0 Å². The molecule has 0 saturated carbocycles. The highest BCUT2D eigenvalue weighted by atomic mass is 16.4. The van der Waals surface area contributed by atoms with Crippen molar-refractivity contribution >= 4 is 5.97 Å². The van der Waals surface area contributed by atoms with Crippen molar-refractivity contribution in [1.82, 2.24) is 9.88 Å². The predicted octanol–water partition coefficient (Wildman–Crippen LogP) is 1.79. The van der Waals surface area contributed by atoms with E-state index in [4.69, 9.17) is 9.52 Å². The largest absolute Gasteiger partial charge is 0.476 e. The standard InChI is InChI=1S/C12H18N2O3/c1-8(2)14-5-3-4-9(14)6-11-13-10(7-17-11)12(15)16/h7-9H,3-6H2,1-2H3,(H,15,16). The Balaban J connectivity index is 2.02. The number of oxazole rings is 1. The van der Waals surface area contributed by atoms with E-state index in [9.17, 15) is 4.79 Å². The van der Waals surface area contributed by atoms with Gasteiger partial charge in [0.25, 0.3) is 0 Å². The van der Waals surface area contributed by atoms with E-state index in [1.54, 1.807) is 0 Å². The summed E-state index contributed by atoms with van der Waals surface area (Å²) in [6, 6.07) is 0.937. The maximum atomic E-state index is 10.7. The maximum absolute atomic E-state index is 10.7. The Kier molecular flexibility index (Phi) is 3.47. The van der Waals surface area contributed by atoms with Gasteiger partial charge in [-0.15, -0.1) is 0 Å². The van der Waals surface area contributed by atoms with E-state index < -0.39 is 5.97 Å². The van der Waals surface area contributed by atoms with Crippen LogP contribution in [0.1, 0.15) is 43.1 Å². The summed E-state index contributed by atoms with van der Waals surface area (Å²) < 4.78 is 5.20. The van der Waals surface area contributed by atoms with Crippen LogP contribution in [0.15, 0.2) is 10.7 Å². The number of hydrogen-bond donors (Lipinski definition) is 1. The van der Waals surface area contributed by atoms with Crippen molar-refractivity contribution in [1.29, 1.82) is 0 Å². The highest BCUT2D eigenvalue weighted by Gasteiger charge is 2.28. The second-order valence-corrected chi connectivity index (χ2v) is 4.76. The Bertz CT molecular complexity index is 400. The number of carboxylic acid groups (broad SMARTS) is 1. The number of aromatic carboxylic acids is 1. The van der Waals surface area contributed by atoms with Gasteiger partial charge in [0.15, 0.2) is 11.6 Å². The number of rotatable bonds is 4. The first kappa shape index (κ1) is 12.1. The van der Waals surface area contributed by atoms with E-state index in [1.807, 2.05) is 0 Å². The van der Waals surface area contributed by atoms with Crippen LogP contribution in [0.4, 0.5) is 0 Å². The van der Waals surface area contributed by atoms with Gasteiger partial charge >= 0.3 is 5.97 Å². The molecule has 0 bridgehead atoms. The number of likely N-dealkylation sites (tertiary alicyclic amines) is 1. The summed E-state index contributed by atoms with van der Waals surface area (Å²) in [5.41, 5.74) is -0.00547. The average Bonchev–Trinajstić information content (AvgIpc) is 2.86. The van der Waals surface area contributed by atoms with Crippen LogP contribution < -0.4 is 0 Å². The molecule has 1 aromatic rings. The minimum atomic E-state index is -1.04. The van der Waals surface area contributed by atoms with Crippen molar-refractivity contribution < 1.29 is 14.3 Å². The van der Waals surface area contributed by atoms with Crippen LogP contribution >= 0.6 is 0 Å². The molecule has 1 saturated heterocycles. The zero-order valence-corrected chi connectivity index (χ0v) is 10.2. The molecule has 0 aromatic carbocycles. The van der Waals surface area contributed by atoms with Crippen LogP contribution in [-0.2, 0) is 6.42 Å². The topological polar surface area (TPSA) is 66.6 Å². The first-order chi connectivity index (χ1) is 8.08. The molecule has 2 rings (SSSR count). The molecule has 1 N–H and O–H groups in total. The fourth-order valence-electron chi connectivity index (χ4n) is 2.46. The lowest BCUT2D eigenvalue weighted by molar-refractivity contribution is 0.0690. The zero-order valence-electron chi connectivity index (χ0n) is 10.2. The SMILES string of the molecule is CC(C)N1CCCC1Cc1nc(C(=O)O)co1. The number of carbonyl (C=O) groups is 1. The lowest BCUT2D eigenvalue weighted by atomic mass is 10.1. The highest BCUT2D eigenvalue weighted by molar-refractivity contribution is 5.84. The van der Waals surface area contributed by atoms with Crippen LogP contribution in [0.2, 0.25) is 0 Å².